The number of rotatable bonds is 5. The molecule has 1 N–H and O–H groups in total. The standard InChI is InChI=1S/C21H26FNO3/c1-26-19(24)18(9-16-4-2-3-5-17(16)22)23-20(25)21-10-13-6-14(11-21)8-15(7-13)12-21/h2-5,13-15,18H,6-12H2,1H3,(H,23,25)/t13?,14?,15?,18-,21?/m0/s1. The lowest BCUT2D eigenvalue weighted by molar-refractivity contribution is -0.152. The first kappa shape index (κ1) is 17.5. The van der Waals surface area contributed by atoms with Gasteiger partial charge in [0.15, 0.2) is 0 Å². The summed E-state index contributed by atoms with van der Waals surface area (Å²) in [5.41, 5.74) is 0.0738. The van der Waals surface area contributed by atoms with Crippen LogP contribution in [0.5, 0.6) is 0 Å². The average Bonchev–Trinajstić information content (AvgIpc) is 2.61. The molecule has 1 amide bonds. The highest BCUT2D eigenvalue weighted by atomic mass is 19.1. The molecule has 4 aliphatic carbocycles. The summed E-state index contributed by atoms with van der Waals surface area (Å²) in [6.07, 6.45) is 6.65. The number of hydrogen-bond acceptors (Lipinski definition) is 3. The van der Waals surface area contributed by atoms with Gasteiger partial charge in [0.2, 0.25) is 5.91 Å². The maximum Gasteiger partial charge on any atom is 0.328 e. The Labute approximate surface area is 153 Å². The Morgan fingerprint density at radius 1 is 1.15 bits per heavy atom. The molecule has 4 aliphatic rings. The third-order valence-electron chi connectivity index (χ3n) is 6.69. The summed E-state index contributed by atoms with van der Waals surface area (Å²) >= 11 is 0. The van der Waals surface area contributed by atoms with Crippen LogP contribution in [0.1, 0.15) is 44.1 Å². The van der Waals surface area contributed by atoms with Crippen molar-refractivity contribution >= 4 is 11.9 Å². The molecule has 0 radical (unpaired) electrons. The van der Waals surface area contributed by atoms with E-state index in [9.17, 15) is 14.0 Å². The molecule has 0 saturated heterocycles. The van der Waals surface area contributed by atoms with Crippen LogP contribution < -0.4 is 5.32 Å². The quantitative estimate of drug-likeness (QED) is 0.821. The molecule has 0 spiro atoms. The van der Waals surface area contributed by atoms with E-state index in [4.69, 9.17) is 4.74 Å². The minimum atomic E-state index is -0.850. The molecule has 0 heterocycles. The fourth-order valence-corrected chi connectivity index (χ4v) is 5.92. The molecule has 4 fully saturated rings. The van der Waals surface area contributed by atoms with Crippen molar-refractivity contribution in [1.29, 1.82) is 0 Å². The van der Waals surface area contributed by atoms with Gasteiger partial charge < -0.3 is 10.1 Å². The van der Waals surface area contributed by atoms with Gasteiger partial charge in [-0.2, -0.15) is 0 Å². The number of carbonyl (C=O) groups excluding carboxylic acids is 2. The second kappa shape index (κ2) is 6.67. The Morgan fingerprint density at radius 3 is 2.27 bits per heavy atom. The Kier molecular flexibility index (Phi) is 4.49. The minimum Gasteiger partial charge on any atom is -0.467 e. The maximum atomic E-state index is 14.0. The summed E-state index contributed by atoms with van der Waals surface area (Å²) in [5, 5.41) is 2.92. The average molecular weight is 359 g/mol. The number of amides is 1. The van der Waals surface area contributed by atoms with E-state index in [1.807, 2.05) is 0 Å². The number of nitrogens with one attached hydrogen (secondary N) is 1. The zero-order valence-electron chi connectivity index (χ0n) is 15.2. The predicted molar refractivity (Wildman–Crippen MR) is 94.7 cm³/mol. The van der Waals surface area contributed by atoms with Gasteiger partial charge in [0.1, 0.15) is 11.9 Å². The Hall–Kier alpha value is -1.91. The molecule has 140 valence electrons. The monoisotopic (exact) mass is 359 g/mol. The van der Waals surface area contributed by atoms with Crippen LogP contribution in [0.3, 0.4) is 0 Å². The fourth-order valence-electron chi connectivity index (χ4n) is 5.92. The number of halogens is 1. The van der Waals surface area contributed by atoms with Gasteiger partial charge in [-0.1, -0.05) is 18.2 Å². The van der Waals surface area contributed by atoms with E-state index >= 15 is 0 Å². The molecule has 5 rings (SSSR count). The predicted octanol–water partition coefficient (Wildman–Crippen LogP) is 3.24. The van der Waals surface area contributed by atoms with Crippen molar-refractivity contribution in [3.63, 3.8) is 0 Å². The second-order valence-corrected chi connectivity index (χ2v) is 8.54. The SMILES string of the molecule is COC(=O)[C@H](Cc1ccccc1F)NC(=O)C12CC3CC(CC(C3)C1)C2. The van der Waals surface area contributed by atoms with E-state index in [1.165, 1.54) is 32.4 Å². The fraction of sp³-hybridized carbons (Fsp3) is 0.619. The van der Waals surface area contributed by atoms with E-state index in [0.717, 1.165) is 19.3 Å². The number of esters is 1. The van der Waals surface area contributed by atoms with Crippen molar-refractivity contribution in [2.45, 2.75) is 51.0 Å². The smallest absolute Gasteiger partial charge is 0.328 e. The van der Waals surface area contributed by atoms with Crippen molar-refractivity contribution < 1.29 is 18.7 Å². The number of carbonyl (C=O) groups is 2. The normalized spacial score (nSPS) is 32.9. The van der Waals surface area contributed by atoms with Crippen LogP contribution in [0.15, 0.2) is 24.3 Å². The van der Waals surface area contributed by atoms with Gasteiger partial charge in [0, 0.05) is 11.8 Å². The van der Waals surface area contributed by atoms with E-state index in [1.54, 1.807) is 18.2 Å². The molecule has 4 nitrogen and oxygen atoms in total. The van der Waals surface area contributed by atoms with Crippen LogP contribution in [0.2, 0.25) is 0 Å². The van der Waals surface area contributed by atoms with Crippen molar-refractivity contribution in [3.05, 3.63) is 35.6 Å². The molecule has 1 aromatic carbocycles. The van der Waals surface area contributed by atoms with E-state index in [-0.39, 0.29) is 23.6 Å². The molecule has 26 heavy (non-hydrogen) atoms. The lowest BCUT2D eigenvalue weighted by atomic mass is 9.49. The second-order valence-electron chi connectivity index (χ2n) is 8.54. The summed E-state index contributed by atoms with van der Waals surface area (Å²) in [5.74, 6) is 1.01. The van der Waals surface area contributed by atoms with Gasteiger partial charge in [0.25, 0.3) is 0 Å². The first-order valence-corrected chi connectivity index (χ1v) is 9.61. The first-order chi connectivity index (χ1) is 12.5. The molecular weight excluding hydrogens is 333 g/mol. The molecule has 0 aromatic heterocycles. The molecule has 4 saturated carbocycles. The van der Waals surface area contributed by atoms with Crippen LogP contribution in [0, 0.1) is 29.0 Å². The zero-order chi connectivity index (χ0) is 18.3. The summed E-state index contributed by atoms with van der Waals surface area (Å²) in [7, 11) is 1.30. The van der Waals surface area contributed by atoms with E-state index in [2.05, 4.69) is 5.32 Å². The molecule has 4 bridgehead atoms. The molecular formula is C21H26FNO3. The summed E-state index contributed by atoms with van der Waals surface area (Å²) < 4.78 is 18.9. The first-order valence-electron chi connectivity index (χ1n) is 9.61. The zero-order valence-corrected chi connectivity index (χ0v) is 15.2. The van der Waals surface area contributed by atoms with Crippen molar-refractivity contribution in [3.8, 4) is 0 Å². The van der Waals surface area contributed by atoms with Gasteiger partial charge in [-0.15, -0.1) is 0 Å². The Bertz CT molecular complexity index is 682. The van der Waals surface area contributed by atoms with Crippen molar-refractivity contribution in [1.82, 2.24) is 5.32 Å². The minimum absolute atomic E-state index is 0.0386. The Morgan fingerprint density at radius 2 is 1.73 bits per heavy atom. The molecule has 0 unspecified atom stereocenters. The number of benzene rings is 1. The summed E-state index contributed by atoms with van der Waals surface area (Å²) in [6.45, 7) is 0. The molecule has 0 aliphatic heterocycles. The summed E-state index contributed by atoms with van der Waals surface area (Å²) in [6, 6.07) is 5.50. The highest BCUT2D eigenvalue weighted by Gasteiger charge is 2.55. The van der Waals surface area contributed by atoms with E-state index in [0.29, 0.717) is 23.3 Å². The van der Waals surface area contributed by atoms with Gasteiger partial charge >= 0.3 is 5.97 Å². The van der Waals surface area contributed by atoms with Gasteiger partial charge in [-0.25, -0.2) is 9.18 Å². The topological polar surface area (TPSA) is 55.4 Å². The van der Waals surface area contributed by atoms with Crippen LogP contribution in [0.4, 0.5) is 4.39 Å². The third kappa shape index (κ3) is 3.12. The van der Waals surface area contributed by atoms with Crippen molar-refractivity contribution in [2.75, 3.05) is 7.11 Å². The molecule has 1 aromatic rings. The lowest BCUT2D eigenvalue weighted by Crippen LogP contribution is -2.56. The van der Waals surface area contributed by atoms with Crippen LogP contribution >= 0.6 is 0 Å². The van der Waals surface area contributed by atoms with Gasteiger partial charge in [0.05, 0.1) is 7.11 Å². The van der Waals surface area contributed by atoms with Gasteiger partial charge in [-0.3, -0.25) is 4.79 Å². The third-order valence-corrected chi connectivity index (χ3v) is 6.69. The molecule has 1 atom stereocenters. The summed E-state index contributed by atoms with van der Waals surface area (Å²) in [4.78, 5) is 25.4. The van der Waals surface area contributed by atoms with Crippen LogP contribution in [-0.4, -0.2) is 25.0 Å². The molecule has 5 heteroatoms. The van der Waals surface area contributed by atoms with Crippen LogP contribution in [0.25, 0.3) is 0 Å². The van der Waals surface area contributed by atoms with Crippen molar-refractivity contribution in [2.24, 2.45) is 23.2 Å². The van der Waals surface area contributed by atoms with Crippen LogP contribution in [-0.2, 0) is 20.7 Å². The Balaban J connectivity index is 1.51. The highest BCUT2D eigenvalue weighted by molar-refractivity contribution is 5.88. The largest absolute Gasteiger partial charge is 0.467 e. The lowest BCUT2D eigenvalue weighted by Gasteiger charge is -2.55. The number of hydrogen-bond donors (Lipinski definition) is 1. The highest BCUT2D eigenvalue weighted by Crippen LogP contribution is 2.60. The number of ether oxygens (including phenoxy) is 1. The van der Waals surface area contributed by atoms with Gasteiger partial charge in [-0.05, 0) is 67.9 Å². The van der Waals surface area contributed by atoms with E-state index < -0.39 is 12.0 Å². The maximum absolute atomic E-state index is 14.0. The number of methoxy groups -OCH3 is 1.